The lowest BCUT2D eigenvalue weighted by Crippen LogP contribution is -2.21. The third-order valence-corrected chi connectivity index (χ3v) is 5.35. The predicted molar refractivity (Wildman–Crippen MR) is 120 cm³/mol. The Balaban J connectivity index is 1.73. The molecule has 162 valence electrons. The van der Waals surface area contributed by atoms with Gasteiger partial charge in [0.1, 0.15) is 5.69 Å². The number of halogens is 3. The molecule has 0 aliphatic rings. The SMILES string of the molecule is CC(=NNC(=O)c1nnn(-c2nonc2N)c1-c1ccc(Cl)c(Cl)c1)c1ccc(Cl)cc1. The maximum absolute atomic E-state index is 12.9. The van der Waals surface area contributed by atoms with Gasteiger partial charge in [-0.15, -0.1) is 5.10 Å². The molecule has 0 spiro atoms. The third-order valence-electron chi connectivity index (χ3n) is 4.36. The molecule has 13 heteroatoms. The summed E-state index contributed by atoms with van der Waals surface area (Å²) in [7, 11) is 0. The molecule has 10 nitrogen and oxygen atoms in total. The molecule has 0 unspecified atom stereocenters. The quantitative estimate of drug-likeness (QED) is 0.318. The van der Waals surface area contributed by atoms with Gasteiger partial charge in [0, 0.05) is 10.6 Å². The van der Waals surface area contributed by atoms with Crippen molar-refractivity contribution in [1.82, 2.24) is 30.7 Å². The average Bonchev–Trinajstić information content (AvgIpc) is 3.40. The van der Waals surface area contributed by atoms with Crippen LogP contribution in [0.3, 0.4) is 0 Å². The van der Waals surface area contributed by atoms with E-state index in [0.717, 1.165) is 5.56 Å². The Morgan fingerprint density at radius 1 is 1.09 bits per heavy atom. The van der Waals surface area contributed by atoms with E-state index in [-0.39, 0.29) is 28.0 Å². The van der Waals surface area contributed by atoms with Crippen molar-refractivity contribution in [3.8, 4) is 17.1 Å². The normalized spacial score (nSPS) is 11.6. The lowest BCUT2D eigenvalue weighted by molar-refractivity contribution is 0.0950. The fourth-order valence-electron chi connectivity index (χ4n) is 2.77. The zero-order chi connectivity index (χ0) is 22.8. The second-order valence-electron chi connectivity index (χ2n) is 6.45. The second kappa shape index (κ2) is 8.95. The van der Waals surface area contributed by atoms with Crippen molar-refractivity contribution >= 4 is 52.2 Å². The van der Waals surface area contributed by atoms with Gasteiger partial charge in [0.25, 0.3) is 5.91 Å². The van der Waals surface area contributed by atoms with E-state index in [0.29, 0.717) is 21.3 Å². The Kier molecular flexibility index (Phi) is 6.08. The van der Waals surface area contributed by atoms with Gasteiger partial charge in [0.15, 0.2) is 5.69 Å². The van der Waals surface area contributed by atoms with E-state index < -0.39 is 5.91 Å². The third kappa shape index (κ3) is 4.28. The number of amides is 1. The van der Waals surface area contributed by atoms with Crippen molar-refractivity contribution in [2.45, 2.75) is 6.92 Å². The van der Waals surface area contributed by atoms with Crippen LogP contribution in [0.5, 0.6) is 0 Å². The molecule has 1 amide bonds. The molecular formula is C19H13Cl3N8O2. The summed E-state index contributed by atoms with van der Waals surface area (Å²) in [6.07, 6.45) is 0. The van der Waals surface area contributed by atoms with Crippen molar-refractivity contribution in [2.24, 2.45) is 5.10 Å². The van der Waals surface area contributed by atoms with Crippen LogP contribution in [0.2, 0.25) is 15.1 Å². The van der Waals surface area contributed by atoms with Crippen molar-refractivity contribution in [3.05, 3.63) is 68.8 Å². The monoisotopic (exact) mass is 490 g/mol. The average molecular weight is 492 g/mol. The van der Waals surface area contributed by atoms with Gasteiger partial charge in [0.2, 0.25) is 11.6 Å². The highest BCUT2D eigenvalue weighted by Gasteiger charge is 2.25. The van der Waals surface area contributed by atoms with E-state index in [2.05, 4.69) is 35.8 Å². The van der Waals surface area contributed by atoms with E-state index in [1.165, 1.54) is 4.68 Å². The highest BCUT2D eigenvalue weighted by atomic mass is 35.5. The molecule has 4 aromatic rings. The molecule has 2 aromatic heterocycles. The Morgan fingerprint density at radius 3 is 2.50 bits per heavy atom. The number of nitrogen functional groups attached to an aromatic ring is 1. The van der Waals surface area contributed by atoms with E-state index >= 15 is 0 Å². The van der Waals surface area contributed by atoms with E-state index in [1.54, 1.807) is 49.4 Å². The summed E-state index contributed by atoms with van der Waals surface area (Å²) < 4.78 is 5.87. The molecule has 0 aliphatic carbocycles. The molecule has 4 rings (SSSR count). The molecule has 0 atom stereocenters. The number of nitrogens with one attached hydrogen (secondary N) is 1. The maximum Gasteiger partial charge on any atom is 0.294 e. The molecule has 2 heterocycles. The molecule has 0 aliphatic heterocycles. The Hall–Kier alpha value is -3.47. The number of nitrogens with two attached hydrogens (primary N) is 1. The van der Waals surface area contributed by atoms with Crippen LogP contribution >= 0.6 is 34.8 Å². The summed E-state index contributed by atoms with van der Waals surface area (Å²) in [6.45, 7) is 1.74. The van der Waals surface area contributed by atoms with Gasteiger partial charge in [-0.1, -0.05) is 58.2 Å². The summed E-state index contributed by atoms with van der Waals surface area (Å²) in [6, 6.07) is 11.8. The predicted octanol–water partition coefficient (Wildman–Crippen LogP) is 4.01. The van der Waals surface area contributed by atoms with Gasteiger partial charge in [0.05, 0.1) is 15.8 Å². The fourth-order valence-corrected chi connectivity index (χ4v) is 3.19. The zero-order valence-corrected chi connectivity index (χ0v) is 18.5. The number of carbonyl (C=O) groups excluding carboxylic acids is 1. The largest absolute Gasteiger partial charge is 0.378 e. The zero-order valence-electron chi connectivity index (χ0n) is 16.3. The van der Waals surface area contributed by atoms with Crippen molar-refractivity contribution < 1.29 is 9.42 Å². The van der Waals surface area contributed by atoms with Crippen LogP contribution in [0.25, 0.3) is 17.1 Å². The fraction of sp³-hybridized carbons (Fsp3) is 0.0526. The number of rotatable bonds is 5. The van der Waals surface area contributed by atoms with Crippen LogP contribution in [0.4, 0.5) is 5.82 Å². The van der Waals surface area contributed by atoms with Crippen molar-refractivity contribution in [3.63, 3.8) is 0 Å². The van der Waals surface area contributed by atoms with Crippen LogP contribution in [0, 0.1) is 0 Å². The van der Waals surface area contributed by atoms with Gasteiger partial charge in [-0.05, 0) is 47.1 Å². The number of nitrogens with zero attached hydrogens (tertiary/aromatic N) is 6. The van der Waals surface area contributed by atoms with Crippen molar-refractivity contribution in [2.75, 3.05) is 5.73 Å². The molecule has 2 aromatic carbocycles. The van der Waals surface area contributed by atoms with Crippen LogP contribution in [0.15, 0.2) is 52.2 Å². The summed E-state index contributed by atoms with van der Waals surface area (Å²) in [4.78, 5) is 12.9. The minimum Gasteiger partial charge on any atom is -0.378 e. The number of anilines is 1. The highest BCUT2D eigenvalue weighted by molar-refractivity contribution is 6.42. The number of hydrazone groups is 1. The number of aromatic nitrogens is 5. The number of benzene rings is 2. The lowest BCUT2D eigenvalue weighted by atomic mass is 10.1. The van der Waals surface area contributed by atoms with Gasteiger partial charge in [-0.2, -0.15) is 9.78 Å². The summed E-state index contributed by atoms with van der Waals surface area (Å²) >= 11 is 18.1. The molecule has 0 fully saturated rings. The summed E-state index contributed by atoms with van der Waals surface area (Å²) in [5.41, 5.74) is 10.3. The standard InChI is InChI=1S/C19H13Cl3N8O2/c1-9(10-2-5-12(20)6-3-10)24-26-19(31)15-16(11-4-7-13(21)14(22)8-11)30(29-25-15)18-17(23)27-32-28-18/h2-8H,1H3,(H2,23,27)(H,26,31). The molecule has 0 saturated heterocycles. The first kappa shape index (κ1) is 21.8. The van der Waals surface area contributed by atoms with Crippen LogP contribution < -0.4 is 11.2 Å². The van der Waals surface area contributed by atoms with Crippen molar-refractivity contribution in [1.29, 1.82) is 0 Å². The Morgan fingerprint density at radius 2 is 1.84 bits per heavy atom. The van der Waals surface area contributed by atoms with Crippen LogP contribution in [-0.2, 0) is 0 Å². The first-order chi connectivity index (χ1) is 15.3. The number of hydrogen-bond donors (Lipinski definition) is 2. The van der Waals surface area contributed by atoms with Crippen LogP contribution in [-0.4, -0.2) is 36.9 Å². The van der Waals surface area contributed by atoms with Crippen LogP contribution in [0.1, 0.15) is 23.0 Å². The van der Waals surface area contributed by atoms with Gasteiger partial charge in [-0.25, -0.2) is 10.1 Å². The molecular weight excluding hydrogens is 479 g/mol. The molecule has 0 radical (unpaired) electrons. The Labute approximate surface area is 195 Å². The summed E-state index contributed by atoms with van der Waals surface area (Å²) in [5, 5.41) is 20.6. The minimum absolute atomic E-state index is 0.0419. The number of hydrogen-bond acceptors (Lipinski definition) is 8. The Bertz CT molecular complexity index is 1330. The topological polar surface area (TPSA) is 137 Å². The molecule has 0 bridgehead atoms. The van der Waals surface area contributed by atoms with Gasteiger partial charge in [-0.3, -0.25) is 4.79 Å². The second-order valence-corrected chi connectivity index (χ2v) is 7.70. The van der Waals surface area contributed by atoms with E-state index in [4.69, 9.17) is 40.5 Å². The smallest absolute Gasteiger partial charge is 0.294 e. The van der Waals surface area contributed by atoms with E-state index in [9.17, 15) is 4.79 Å². The number of carbonyl (C=O) groups is 1. The first-order valence-electron chi connectivity index (χ1n) is 8.95. The molecule has 32 heavy (non-hydrogen) atoms. The van der Waals surface area contributed by atoms with Gasteiger partial charge < -0.3 is 5.73 Å². The van der Waals surface area contributed by atoms with Gasteiger partial charge >= 0.3 is 0 Å². The van der Waals surface area contributed by atoms with E-state index in [1.807, 2.05) is 0 Å². The molecule has 0 saturated carbocycles. The highest BCUT2D eigenvalue weighted by Crippen LogP contribution is 2.31. The maximum atomic E-state index is 12.9. The molecule has 3 N–H and O–H groups in total. The first-order valence-corrected chi connectivity index (χ1v) is 10.1. The summed E-state index contributed by atoms with van der Waals surface area (Å²) in [5.74, 6) is -0.612. The minimum atomic E-state index is -0.624. The lowest BCUT2D eigenvalue weighted by Gasteiger charge is -2.07.